The number of benzene rings is 2. The standard InChI is InChI=1S/C19H17Cl4NO2/c20-14-3-1-11(7-16(14)22)18(26)13-9-24-6-5-19(13,10-25)12-2-4-15(21)17(23)8-12/h1-4,7-8,13,24-25H,5-6,9-10H2. The molecule has 1 saturated heterocycles. The van der Waals surface area contributed by atoms with Crippen LogP contribution in [0.15, 0.2) is 36.4 Å². The monoisotopic (exact) mass is 431 g/mol. The van der Waals surface area contributed by atoms with Gasteiger partial charge < -0.3 is 10.4 Å². The zero-order valence-electron chi connectivity index (χ0n) is 13.7. The van der Waals surface area contributed by atoms with Crippen molar-refractivity contribution in [3.05, 3.63) is 67.6 Å². The molecule has 0 radical (unpaired) electrons. The second kappa shape index (κ2) is 8.05. The first-order chi connectivity index (χ1) is 12.4. The summed E-state index contributed by atoms with van der Waals surface area (Å²) in [5, 5.41) is 15.1. The Morgan fingerprint density at radius 3 is 2.31 bits per heavy atom. The summed E-state index contributed by atoms with van der Waals surface area (Å²) in [5.41, 5.74) is 0.517. The molecule has 1 heterocycles. The second-order valence-corrected chi connectivity index (χ2v) is 8.07. The van der Waals surface area contributed by atoms with Crippen molar-refractivity contribution in [3.8, 4) is 0 Å². The molecular formula is C19H17Cl4NO2. The molecule has 2 unspecified atom stereocenters. The van der Waals surface area contributed by atoms with E-state index in [4.69, 9.17) is 46.4 Å². The lowest BCUT2D eigenvalue weighted by Gasteiger charge is -2.43. The molecule has 26 heavy (non-hydrogen) atoms. The van der Waals surface area contributed by atoms with Gasteiger partial charge in [0, 0.05) is 23.4 Å². The maximum absolute atomic E-state index is 13.3. The third-order valence-corrected chi connectivity index (χ3v) is 6.54. The second-order valence-electron chi connectivity index (χ2n) is 6.44. The molecule has 0 saturated carbocycles. The van der Waals surface area contributed by atoms with Crippen molar-refractivity contribution in [3.63, 3.8) is 0 Å². The fraction of sp³-hybridized carbons (Fsp3) is 0.316. The van der Waals surface area contributed by atoms with Crippen molar-refractivity contribution in [1.82, 2.24) is 5.32 Å². The third-order valence-electron chi connectivity index (χ3n) is 5.06. The molecular weight excluding hydrogens is 416 g/mol. The Labute approximate surface area is 172 Å². The summed E-state index contributed by atoms with van der Waals surface area (Å²) in [6.45, 7) is 0.955. The quantitative estimate of drug-likeness (QED) is 0.666. The smallest absolute Gasteiger partial charge is 0.168 e. The van der Waals surface area contributed by atoms with E-state index in [9.17, 15) is 9.90 Å². The van der Waals surface area contributed by atoms with E-state index in [1.807, 2.05) is 6.07 Å². The number of hydrogen-bond donors (Lipinski definition) is 2. The highest BCUT2D eigenvalue weighted by Crippen LogP contribution is 2.41. The van der Waals surface area contributed by atoms with Gasteiger partial charge in [0.05, 0.1) is 26.7 Å². The predicted octanol–water partition coefficient (Wildman–Crippen LogP) is 5.02. The molecule has 0 aromatic heterocycles. The van der Waals surface area contributed by atoms with Crippen LogP contribution in [-0.2, 0) is 5.41 Å². The molecule has 2 aromatic carbocycles. The molecule has 2 N–H and O–H groups in total. The Hall–Kier alpha value is -0.810. The minimum Gasteiger partial charge on any atom is -0.395 e. The molecule has 0 amide bonds. The van der Waals surface area contributed by atoms with Crippen molar-refractivity contribution in [2.45, 2.75) is 11.8 Å². The number of carbonyl (C=O) groups excluding carboxylic acids is 1. The Morgan fingerprint density at radius 2 is 1.69 bits per heavy atom. The van der Waals surface area contributed by atoms with Crippen LogP contribution < -0.4 is 5.32 Å². The summed E-state index contributed by atoms with van der Waals surface area (Å²) in [7, 11) is 0. The minimum absolute atomic E-state index is 0.101. The van der Waals surface area contributed by atoms with Crippen molar-refractivity contribution >= 4 is 52.2 Å². The molecule has 1 fully saturated rings. The first-order valence-electron chi connectivity index (χ1n) is 8.15. The summed E-state index contributed by atoms with van der Waals surface area (Å²) in [4.78, 5) is 13.3. The molecule has 138 valence electrons. The molecule has 2 aromatic rings. The van der Waals surface area contributed by atoms with Crippen LogP contribution >= 0.6 is 46.4 Å². The van der Waals surface area contributed by atoms with Gasteiger partial charge in [0.2, 0.25) is 0 Å². The van der Waals surface area contributed by atoms with Gasteiger partial charge in [-0.05, 0) is 48.9 Å². The lowest BCUT2D eigenvalue weighted by Crippen LogP contribution is -2.53. The minimum atomic E-state index is -0.747. The SMILES string of the molecule is O=C(c1ccc(Cl)c(Cl)c1)C1CNCCC1(CO)c1ccc(Cl)c(Cl)c1. The molecule has 2 atom stereocenters. The molecule has 1 aliphatic rings. The van der Waals surface area contributed by atoms with E-state index in [0.717, 1.165) is 5.56 Å². The van der Waals surface area contributed by atoms with Gasteiger partial charge in [0.15, 0.2) is 5.78 Å². The molecule has 7 heteroatoms. The number of piperidine rings is 1. The number of carbonyl (C=O) groups is 1. The summed E-state index contributed by atoms with van der Waals surface area (Å²) < 4.78 is 0. The Kier molecular flexibility index (Phi) is 6.18. The van der Waals surface area contributed by atoms with Gasteiger partial charge >= 0.3 is 0 Å². The molecule has 1 aliphatic heterocycles. The summed E-state index contributed by atoms with van der Waals surface area (Å²) >= 11 is 24.3. The zero-order valence-corrected chi connectivity index (χ0v) is 16.8. The van der Waals surface area contributed by atoms with E-state index >= 15 is 0 Å². The fourth-order valence-corrected chi connectivity index (χ4v) is 4.15. The fourth-order valence-electron chi connectivity index (χ4n) is 3.55. The normalized spacial score (nSPS) is 23.0. The molecule has 0 bridgehead atoms. The number of ketones is 1. The van der Waals surface area contributed by atoms with E-state index < -0.39 is 11.3 Å². The lowest BCUT2D eigenvalue weighted by atomic mass is 9.64. The van der Waals surface area contributed by atoms with Crippen molar-refractivity contribution < 1.29 is 9.90 Å². The first-order valence-corrected chi connectivity index (χ1v) is 9.66. The van der Waals surface area contributed by atoms with E-state index in [-0.39, 0.29) is 12.4 Å². The molecule has 0 aliphatic carbocycles. The van der Waals surface area contributed by atoms with E-state index in [0.29, 0.717) is 45.2 Å². The average Bonchev–Trinajstić information content (AvgIpc) is 2.65. The number of Topliss-reactive ketones (excluding diaryl/α,β-unsaturated/α-hetero) is 1. The van der Waals surface area contributed by atoms with Crippen molar-refractivity contribution in [2.24, 2.45) is 5.92 Å². The van der Waals surface area contributed by atoms with Crippen LogP contribution in [0.5, 0.6) is 0 Å². The van der Waals surface area contributed by atoms with Crippen LogP contribution in [0.4, 0.5) is 0 Å². The van der Waals surface area contributed by atoms with Crippen LogP contribution in [0.2, 0.25) is 20.1 Å². The summed E-state index contributed by atoms with van der Waals surface area (Å²) in [6, 6.07) is 10.1. The Morgan fingerprint density at radius 1 is 1.04 bits per heavy atom. The largest absolute Gasteiger partial charge is 0.395 e. The van der Waals surface area contributed by atoms with Gasteiger partial charge in [0.25, 0.3) is 0 Å². The highest BCUT2D eigenvalue weighted by Gasteiger charge is 2.46. The number of rotatable bonds is 4. The van der Waals surface area contributed by atoms with Gasteiger partial charge in [-0.15, -0.1) is 0 Å². The summed E-state index contributed by atoms with van der Waals surface area (Å²) in [5.74, 6) is -0.577. The maximum atomic E-state index is 13.3. The summed E-state index contributed by atoms with van der Waals surface area (Å²) in [6.07, 6.45) is 0.596. The Balaban J connectivity index is 2.05. The third kappa shape index (κ3) is 3.62. The predicted molar refractivity (Wildman–Crippen MR) is 107 cm³/mol. The van der Waals surface area contributed by atoms with Gasteiger partial charge in [-0.2, -0.15) is 0 Å². The number of aliphatic hydroxyl groups excluding tert-OH is 1. The van der Waals surface area contributed by atoms with E-state index in [1.54, 1.807) is 30.3 Å². The molecule has 3 rings (SSSR count). The molecule has 0 spiro atoms. The lowest BCUT2D eigenvalue weighted by molar-refractivity contribution is 0.0658. The number of nitrogens with one attached hydrogen (secondary N) is 1. The van der Waals surface area contributed by atoms with Gasteiger partial charge in [-0.3, -0.25) is 4.79 Å². The van der Waals surface area contributed by atoms with Gasteiger partial charge in [-0.25, -0.2) is 0 Å². The van der Waals surface area contributed by atoms with Crippen molar-refractivity contribution in [1.29, 1.82) is 0 Å². The maximum Gasteiger partial charge on any atom is 0.168 e. The van der Waals surface area contributed by atoms with Crippen LogP contribution in [0.3, 0.4) is 0 Å². The van der Waals surface area contributed by atoms with Crippen LogP contribution in [0, 0.1) is 5.92 Å². The average molecular weight is 433 g/mol. The Bertz CT molecular complexity index is 842. The first kappa shape index (κ1) is 19.9. The number of aliphatic hydroxyl groups is 1. The van der Waals surface area contributed by atoms with Gasteiger partial charge in [-0.1, -0.05) is 52.5 Å². The number of halogens is 4. The topological polar surface area (TPSA) is 49.3 Å². The van der Waals surface area contributed by atoms with E-state index in [1.165, 1.54) is 0 Å². The number of hydrogen-bond acceptors (Lipinski definition) is 3. The van der Waals surface area contributed by atoms with Gasteiger partial charge in [0.1, 0.15) is 0 Å². The highest BCUT2D eigenvalue weighted by molar-refractivity contribution is 6.42. The van der Waals surface area contributed by atoms with Crippen LogP contribution in [0.25, 0.3) is 0 Å². The van der Waals surface area contributed by atoms with Crippen molar-refractivity contribution in [2.75, 3.05) is 19.7 Å². The van der Waals surface area contributed by atoms with Crippen LogP contribution in [0.1, 0.15) is 22.3 Å². The highest BCUT2D eigenvalue weighted by atomic mass is 35.5. The molecule has 3 nitrogen and oxygen atoms in total. The zero-order chi connectivity index (χ0) is 18.9. The van der Waals surface area contributed by atoms with Crippen LogP contribution in [-0.4, -0.2) is 30.6 Å². The van der Waals surface area contributed by atoms with E-state index in [2.05, 4.69) is 5.32 Å².